The summed E-state index contributed by atoms with van der Waals surface area (Å²) < 4.78 is 0. The van der Waals surface area contributed by atoms with Gasteiger partial charge in [0.15, 0.2) is 0 Å². The smallest absolute Gasteiger partial charge is 0.0451 e. The first-order valence-corrected chi connectivity index (χ1v) is 7.07. The highest BCUT2D eigenvalue weighted by Gasteiger charge is 2.33. The summed E-state index contributed by atoms with van der Waals surface area (Å²) in [7, 11) is 0. The van der Waals surface area contributed by atoms with E-state index in [1.54, 1.807) is 5.12 Å². The van der Waals surface area contributed by atoms with Crippen molar-refractivity contribution in [2.24, 2.45) is 23.5 Å². The van der Waals surface area contributed by atoms with Crippen molar-refractivity contribution in [3.8, 4) is 0 Å². The molecule has 3 nitrogen and oxygen atoms in total. The van der Waals surface area contributed by atoms with Gasteiger partial charge in [-0.05, 0) is 37.5 Å². The summed E-state index contributed by atoms with van der Waals surface area (Å²) in [5, 5.41) is 1.55. The Balaban J connectivity index is 1.96. The van der Waals surface area contributed by atoms with Gasteiger partial charge >= 0.3 is 0 Å². The minimum absolute atomic E-state index is 0.445. The summed E-state index contributed by atoms with van der Waals surface area (Å²) in [6.45, 7) is 0. The SMILES string of the molecule is NN(N)C(C1CCCCC1)C1CCCCC1. The van der Waals surface area contributed by atoms with E-state index in [-0.39, 0.29) is 0 Å². The maximum Gasteiger partial charge on any atom is 0.0451 e. The lowest BCUT2D eigenvalue weighted by Crippen LogP contribution is -2.54. The number of hydrogen-bond donors (Lipinski definition) is 2. The van der Waals surface area contributed by atoms with Gasteiger partial charge in [0.25, 0.3) is 0 Å². The van der Waals surface area contributed by atoms with Gasteiger partial charge in [-0.2, -0.15) is 5.12 Å². The first-order valence-electron chi connectivity index (χ1n) is 7.07. The van der Waals surface area contributed by atoms with Crippen molar-refractivity contribution in [1.29, 1.82) is 0 Å². The van der Waals surface area contributed by atoms with Gasteiger partial charge in [0.1, 0.15) is 0 Å². The predicted octanol–water partition coefficient (Wildman–Crippen LogP) is 2.56. The van der Waals surface area contributed by atoms with E-state index in [9.17, 15) is 0 Å². The molecule has 2 saturated carbocycles. The number of nitrogens with two attached hydrogens (primary N) is 2. The Labute approximate surface area is 99.5 Å². The minimum atomic E-state index is 0.445. The van der Waals surface area contributed by atoms with Gasteiger partial charge in [-0.3, -0.25) is 11.7 Å². The molecule has 0 aliphatic heterocycles. The zero-order valence-electron chi connectivity index (χ0n) is 10.4. The molecular weight excluding hydrogens is 198 g/mol. The Morgan fingerprint density at radius 1 is 0.688 bits per heavy atom. The number of hydrazine groups is 2. The summed E-state index contributed by atoms with van der Waals surface area (Å²) in [6.07, 6.45) is 13.7. The molecule has 0 heterocycles. The molecule has 0 spiro atoms. The number of rotatable bonds is 3. The van der Waals surface area contributed by atoms with Crippen molar-refractivity contribution in [2.75, 3.05) is 0 Å². The molecule has 3 heteroatoms. The first-order chi connectivity index (χ1) is 7.79. The molecule has 0 saturated heterocycles. The van der Waals surface area contributed by atoms with Crippen LogP contribution >= 0.6 is 0 Å². The highest BCUT2D eigenvalue weighted by Crippen LogP contribution is 2.36. The molecule has 2 aliphatic rings. The van der Waals surface area contributed by atoms with Crippen LogP contribution in [0.2, 0.25) is 0 Å². The van der Waals surface area contributed by atoms with Gasteiger partial charge < -0.3 is 0 Å². The fraction of sp³-hybridized carbons (Fsp3) is 1.00. The maximum absolute atomic E-state index is 5.91. The zero-order chi connectivity index (χ0) is 11.4. The van der Waals surface area contributed by atoms with Gasteiger partial charge in [-0.1, -0.05) is 38.5 Å². The summed E-state index contributed by atoms with van der Waals surface area (Å²) in [5.41, 5.74) is 0. The Hall–Kier alpha value is -0.120. The van der Waals surface area contributed by atoms with Gasteiger partial charge in [0, 0.05) is 6.04 Å². The van der Waals surface area contributed by atoms with Crippen LogP contribution in [0, 0.1) is 11.8 Å². The fourth-order valence-corrected chi connectivity index (χ4v) is 3.82. The largest absolute Gasteiger partial charge is 0.255 e. The third-order valence-electron chi connectivity index (χ3n) is 4.61. The van der Waals surface area contributed by atoms with E-state index < -0.39 is 0 Å². The van der Waals surface area contributed by atoms with Gasteiger partial charge in [-0.15, -0.1) is 0 Å². The molecule has 94 valence electrons. The lowest BCUT2D eigenvalue weighted by Gasteiger charge is -2.40. The van der Waals surface area contributed by atoms with Crippen molar-refractivity contribution in [2.45, 2.75) is 70.3 Å². The molecule has 16 heavy (non-hydrogen) atoms. The average molecular weight is 225 g/mol. The van der Waals surface area contributed by atoms with Crippen LogP contribution in [0.15, 0.2) is 0 Å². The molecule has 0 bridgehead atoms. The van der Waals surface area contributed by atoms with E-state index in [4.69, 9.17) is 11.7 Å². The quantitative estimate of drug-likeness (QED) is 0.573. The van der Waals surface area contributed by atoms with Crippen molar-refractivity contribution in [3.05, 3.63) is 0 Å². The third kappa shape index (κ3) is 2.96. The molecule has 0 unspecified atom stereocenters. The lowest BCUT2D eigenvalue weighted by atomic mass is 9.74. The summed E-state index contributed by atoms with van der Waals surface area (Å²) >= 11 is 0. The van der Waals surface area contributed by atoms with Crippen LogP contribution in [0.1, 0.15) is 64.2 Å². The minimum Gasteiger partial charge on any atom is -0.255 e. The van der Waals surface area contributed by atoms with E-state index in [0.717, 1.165) is 11.8 Å². The van der Waals surface area contributed by atoms with Crippen molar-refractivity contribution in [1.82, 2.24) is 5.12 Å². The monoisotopic (exact) mass is 225 g/mol. The summed E-state index contributed by atoms with van der Waals surface area (Å²) in [5.74, 6) is 13.3. The zero-order valence-corrected chi connectivity index (χ0v) is 10.4. The van der Waals surface area contributed by atoms with E-state index in [0.29, 0.717) is 6.04 Å². The lowest BCUT2D eigenvalue weighted by molar-refractivity contribution is 0.0532. The fourth-order valence-electron chi connectivity index (χ4n) is 3.82. The predicted molar refractivity (Wildman–Crippen MR) is 67.2 cm³/mol. The van der Waals surface area contributed by atoms with E-state index in [1.165, 1.54) is 64.2 Å². The topological polar surface area (TPSA) is 55.3 Å². The van der Waals surface area contributed by atoms with E-state index in [2.05, 4.69) is 0 Å². The molecule has 0 aromatic carbocycles. The van der Waals surface area contributed by atoms with Crippen LogP contribution in [0.4, 0.5) is 0 Å². The van der Waals surface area contributed by atoms with Crippen LogP contribution in [-0.4, -0.2) is 11.2 Å². The molecular formula is C13H27N3. The molecule has 0 aromatic heterocycles. The summed E-state index contributed by atoms with van der Waals surface area (Å²) in [4.78, 5) is 0. The molecule has 4 N–H and O–H groups in total. The highest BCUT2D eigenvalue weighted by molar-refractivity contribution is 4.85. The Morgan fingerprint density at radius 2 is 1.06 bits per heavy atom. The molecule has 2 fully saturated rings. The Kier molecular flexibility index (Phi) is 4.62. The Morgan fingerprint density at radius 3 is 1.38 bits per heavy atom. The van der Waals surface area contributed by atoms with Crippen molar-refractivity contribution < 1.29 is 0 Å². The second kappa shape index (κ2) is 5.99. The van der Waals surface area contributed by atoms with Gasteiger partial charge in [0.05, 0.1) is 0 Å². The van der Waals surface area contributed by atoms with Crippen LogP contribution < -0.4 is 11.7 Å². The van der Waals surface area contributed by atoms with Gasteiger partial charge in [0.2, 0.25) is 0 Å². The van der Waals surface area contributed by atoms with Gasteiger partial charge in [-0.25, -0.2) is 0 Å². The van der Waals surface area contributed by atoms with E-state index in [1.807, 2.05) is 0 Å². The first kappa shape index (κ1) is 12.3. The molecule has 0 radical (unpaired) electrons. The molecule has 0 atom stereocenters. The average Bonchev–Trinajstić information content (AvgIpc) is 2.31. The van der Waals surface area contributed by atoms with Crippen LogP contribution in [-0.2, 0) is 0 Å². The van der Waals surface area contributed by atoms with Crippen LogP contribution in [0.3, 0.4) is 0 Å². The van der Waals surface area contributed by atoms with E-state index >= 15 is 0 Å². The molecule has 2 aliphatic carbocycles. The maximum atomic E-state index is 5.91. The number of hydrogen-bond acceptors (Lipinski definition) is 3. The molecule has 0 amide bonds. The van der Waals surface area contributed by atoms with Crippen LogP contribution in [0.25, 0.3) is 0 Å². The third-order valence-corrected chi connectivity index (χ3v) is 4.61. The summed E-state index contributed by atoms with van der Waals surface area (Å²) in [6, 6.07) is 0.445. The highest BCUT2D eigenvalue weighted by atomic mass is 15.6. The normalized spacial score (nSPS) is 25.5. The molecule has 2 rings (SSSR count). The second-order valence-corrected chi connectivity index (χ2v) is 5.73. The van der Waals surface area contributed by atoms with Crippen LogP contribution in [0.5, 0.6) is 0 Å². The molecule has 0 aromatic rings. The second-order valence-electron chi connectivity index (χ2n) is 5.73. The standard InChI is InChI=1S/C13H27N3/c14-16(15)13(11-7-3-1-4-8-11)12-9-5-2-6-10-12/h11-13H,1-10,14-15H2. The number of nitrogens with zero attached hydrogens (tertiary/aromatic N) is 1. The van der Waals surface area contributed by atoms with Crippen molar-refractivity contribution in [3.63, 3.8) is 0 Å². The Bertz CT molecular complexity index is 175. The van der Waals surface area contributed by atoms with Crippen molar-refractivity contribution >= 4 is 0 Å².